The molecule has 2 aromatic heterocycles. The number of piperazine rings is 1. The van der Waals surface area contributed by atoms with Crippen LogP contribution in [0, 0.1) is 6.92 Å². The van der Waals surface area contributed by atoms with Gasteiger partial charge in [0, 0.05) is 32.4 Å². The monoisotopic (exact) mass is 261 g/mol. The molecular weight excluding hydrogens is 246 g/mol. The van der Waals surface area contributed by atoms with Gasteiger partial charge in [-0.2, -0.15) is 0 Å². The van der Waals surface area contributed by atoms with Gasteiger partial charge in [-0.25, -0.2) is 15.0 Å². The van der Waals surface area contributed by atoms with E-state index in [-0.39, 0.29) is 0 Å². The summed E-state index contributed by atoms with van der Waals surface area (Å²) in [5.74, 6) is 0.784. The molecular formula is C12H15N5S. The molecule has 1 aliphatic rings. The zero-order valence-corrected chi connectivity index (χ0v) is 11.1. The second-order valence-corrected chi connectivity index (χ2v) is 5.24. The fraction of sp³-hybridized carbons (Fsp3) is 0.417. The summed E-state index contributed by atoms with van der Waals surface area (Å²) in [4.78, 5) is 15.4. The summed E-state index contributed by atoms with van der Waals surface area (Å²) >= 11 is 1.70. The Morgan fingerprint density at radius 3 is 2.89 bits per heavy atom. The molecule has 0 amide bonds. The highest BCUT2D eigenvalue weighted by Gasteiger charge is 2.14. The van der Waals surface area contributed by atoms with Crippen molar-refractivity contribution in [3.63, 3.8) is 0 Å². The van der Waals surface area contributed by atoms with Gasteiger partial charge in [0.25, 0.3) is 0 Å². The fourth-order valence-corrected chi connectivity index (χ4v) is 2.93. The van der Waals surface area contributed by atoms with E-state index in [1.807, 2.05) is 19.2 Å². The molecule has 0 bridgehead atoms. The Bertz CT molecular complexity index is 533. The Labute approximate surface area is 110 Å². The maximum absolute atomic E-state index is 4.47. The molecule has 3 heterocycles. The first-order chi connectivity index (χ1) is 8.83. The minimum Gasteiger partial charge on any atom is -0.360 e. The molecule has 0 saturated carbocycles. The minimum atomic E-state index is 0.784. The molecule has 0 radical (unpaired) electrons. The van der Waals surface area contributed by atoms with Crippen molar-refractivity contribution >= 4 is 16.3 Å². The molecule has 18 heavy (non-hydrogen) atoms. The lowest BCUT2D eigenvalue weighted by Crippen LogP contribution is -2.43. The van der Waals surface area contributed by atoms with E-state index in [4.69, 9.17) is 0 Å². The first-order valence-corrected chi connectivity index (χ1v) is 6.86. The summed E-state index contributed by atoms with van der Waals surface area (Å²) in [6, 6.07) is 1.91. The molecule has 6 heteroatoms. The van der Waals surface area contributed by atoms with E-state index in [1.54, 1.807) is 17.5 Å². The van der Waals surface area contributed by atoms with Crippen molar-refractivity contribution in [2.24, 2.45) is 0 Å². The fourth-order valence-electron chi connectivity index (χ4n) is 1.99. The number of thiazole rings is 1. The molecule has 1 fully saturated rings. The van der Waals surface area contributed by atoms with Crippen LogP contribution in [-0.4, -0.2) is 41.1 Å². The van der Waals surface area contributed by atoms with E-state index in [2.05, 4.69) is 25.2 Å². The molecule has 1 saturated heterocycles. The van der Waals surface area contributed by atoms with E-state index in [1.165, 1.54) is 5.00 Å². The number of anilines is 1. The van der Waals surface area contributed by atoms with Crippen LogP contribution in [-0.2, 0) is 0 Å². The van der Waals surface area contributed by atoms with Gasteiger partial charge < -0.3 is 10.2 Å². The molecule has 0 unspecified atom stereocenters. The SMILES string of the molecule is Cc1nccc(-c2ncc(N3CCNCC3)s2)n1. The lowest BCUT2D eigenvalue weighted by molar-refractivity contribution is 0.591. The van der Waals surface area contributed by atoms with Crippen molar-refractivity contribution in [1.29, 1.82) is 0 Å². The highest BCUT2D eigenvalue weighted by atomic mass is 32.1. The zero-order valence-electron chi connectivity index (χ0n) is 10.3. The van der Waals surface area contributed by atoms with E-state index in [9.17, 15) is 0 Å². The predicted octanol–water partition coefficient (Wildman–Crippen LogP) is 1.32. The summed E-state index contributed by atoms with van der Waals surface area (Å²) in [7, 11) is 0. The molecule has 0 spiro atoms. The van der Waals surface area contributed by atoms with E-state index < -0.39 is 0 Å². The molecule has 2 aromatic rings. The van der Waals surface area contributed by atoms with Crippen LogP contribution in [0.1, 0.15) is 5.82 Å². The number of rotatable bonds is 2. The topological polar surface area (TPSA) is 53.9 Å². The third-order valence-corrected chi connectivity index (χ3v) is 4.00. The van der Waals surface area contributed by atoms with Gasteiger partial charge >= 0.3 is 0 Å². The van der Waals surface area contributed by atoms with E-state index in [0.717, 1.165) is 42.7 Å². The van der Waals surface area contributed by atoms with Gasteiger partial charge in [0.15, 0.2) is 0 Å². The summed E-state index contributed by atoms with van der Waals surface area (Å²) in [5, 5.41) is 5.54. The molecule has 3 rings (SSSR count). The molecule has 1 N–H and O–H groups in total. The van der Waals surface area contributed by atoms with Gasteiger partial charge in [0.05, 0.1) is 6.20 Å². The van der Waals surface area contributed by atoms with Crippen LogP contribution in [0.4, 0.5) is 5.00 Å². The maximum atomic E-state index is 4.47. The van der Waals surface area contributed by atoms with Gasteiger partial charge in [0.2, 0.25) is 0 Å². The summed E-state index contributed by atoms with van der Waals surface area (Å²) in [5.41, 5.74) is 0.911. The smallest absolute Gasteiger partial charge is 0.143 e. The van der Waals surface area contributed by atoms with Crippen LogP contribution in [0.3, 0.4) is 0 Å². The van der Waals surface area contributed by atoms with Crippen LogP contribution in [0.2, 0.25) is 0 Å². The van der Waals surface area contributed by atoms with Crippen LogP contribution >= 0.6 is 11.3 Å². The lowest BCUT2D eigenvalue weighted by atomic mass is 10.4. The predicted molar refractivity (Wildman–Crippen MR) is 73.0 cm³/mol. The van der Waals surface area contributed by atoms with Gasteiger partial charge in [-0.05, 0) is 13.0 Å². The molecule has 0 aromatic carbocycles. The Morgan fingerprint density at radius 2 is 2.11 bits per heavy atom. The molecule has 5 nitrogen and oxygen atoms in total. The summed E-state index contributed by atoms with van der Waals surface area (Å²) < 4.78 is 0. The van der Waals surface area contributed by atoms with Crippen molar-refractivity contribution in [1.82, 2.24) is 20.3 Å². The van der Waals surface area contributed by atoms with Crippen LogP contribution in [0.15, 0.2) is 18.5 Å². The number of nitrogens with zero attached hydrogens (tertiary/aromatic N) is 4. The summed E-state index contributed by atoms with van der Waals surface area (Å²) in [6.07, 6.45) is 3.73. The molecule has 94 valence electrons. The third-order valence-electron chi connectivity index (χ3n) is 2.92. The van der Waals surface area contributed by atoms with Crippen molar-refractivity contribution < 1.29 is 0 Å². The van der Waals surface area contributed by atoms with E-state index >= 15 is 0 Å². The third kappa shape index (κ3) is 2.34. The first-order valence-electron chi connectivity index (χ1n) is 6.04. The number of aryl methyl sites for hydroxylation is 1. The maximum Gasteiger partial charge on any atom is 0.143 e. The number of hydrogen-bond donors (Lipinski definition) is 1. The van der Waals surface area contributed by atoms with E-state index in [0.29, 0.717) is 0 Å². The Morgan fingerprint density at radius 1 is 1.28 bits per heavy atom. The van der Waals surface area contributed by atoms with Crippen LogP contribution in [0.5, 0.6) is 0 Å². The Balaban J connectivity index is 1.84. The average Bonchev–Trinajstić information content (AvgIpc) is 2.89. The Kier molecular flexibility index (Phi) is 3.21. The first kappa shape index (κ1) is 11.6. The quantitative estimate of drug-likeness (QED) is 0.883. The number of hydrogen-bond acceptors (Lipinski definition) is 6. The second kappa shape index (κ2) is 4.99. The Hall–Kier alpha value is -1.53. The largest absolute Gasteiger partial charge is 0.360 e. The average molecular weight is 261 g/mol. The highest BCUT2D eigenvalue weighted by molar-refractivity contribution is 7.18. The van der Waals surface area contributed by atoms with Gasteiger partial charge in [-0.1, -0.05) is 11.3 Å². The van der Waals surface area contributed by atoms with Gasteiger partial charge in [0.1, 0.15) is 21.5 Å². The molecule has 1 aliphatic heterocycles. The zero-order chi connectivity index (χ0) is 12.4. The number of nitrogens with one attached hydrogen (secondary N) is 1. The van der Waals surface area contributed by atoms with Crippen molar-refractivity contribution in [3.8, 4) is 10.7 Å². The standard InChI is InChI=1S/C12H15N5S/c1-9-14-3-2-10(16-9)12-15-8-11(18-12)17-6-4-13-5-7-17/h2-3,8,13H,4-7H2,1H3. The lowest BCUT2D eigenvalue weighted by Gasteiger charge is -2.27. The second-order valence-electron chi connectivity index (χ2n) is 4.23. The van der Waals surface area contributed by atoms with Crippen LogP contribution < -0.4 is 10.2 Å². The summed E-state index contributed by atoms with van der Waals surface area (Å²) in [6.45, 7) is 6.07. The number of aromatic nitrogens is 3. The highest BCUT2D eigenvalue weighted by Crippen LogP contribution is 2.29. The normalized spacial score (nSPS) is 15.9. The van der Waals surface area contributed by atoms with Crippen molar-refractivity contribution in [2.45, 2.75) is 6.92 Å². The van der Waals surface area contributed by atoms with Crippen molar-refractivity contribution in [3.05, 3.63) is 24.3 Å². The van der Waals surface area contributed by atoms with Gasteiger partial charge in [-0.3, -0.25) is 0 Å². The van der Waals surface area contributed by atoms with Gasteiger partial charge in [-0.15, -0.1) is 0 Å². The van der Waals surface area contributed by atoms with Crippen molar-refractivity contribution in [2.75, 3.05) is 31.1 Å². The minimum absolute atomic E-state index is 0.784. The molecule has 0 aliphatic carbocycles. The van der Waals surface area contributed by atoms with Crippen LogP contribution in [0.25, 0.3) is 10.7 Å². The molecule has 0 atom stereocenters.